The van der Waals surface area contributed by atoms with Crippen molar-refractivity contribution in [1.82, 2.24) is 9.78 Å². The highest BCUT2D eigenvalue weighted by Crippen LogP contribution is 2.15. The van der Waals surface area contributed by atoms with Crippen LogP contribution in [0.4, 0.5) is 0 Å². The highest BCUT2D eigenvalue weighted by atomic mass is 15.3. The molecule has 0 fully saturated rings. The summed E-state index contributed by atoms with van der Waals surface area (Å²) in [6.45, 7) is 0.561. The van der Waals surface area contributed by atoms with Gasteiger partial charge in [0.05, 0.1) is 6.04 Å². The maximum absolute atomic E-state index is 5.74. The molecule has 1 aromatic heterocycles. The Labute approximate surface area is 83.2 Å². The minimum Gasteiger partial charge on any atom is -0.328 e. The summed E-state index contributed by atoms with van der Waals surface area (Å²) in [7, 11) is 0. The summed E-state index contributed by atoms with van der Waals surface area (Å²) in [5.74, 6) is 0. The van der Waals surface area contributed by atoms with Crippen molar-refractivity contribution in [3.8, 4) is 0 Å². The summed E-state index contributed by atoms with van der Waals surface area (Å²) >= 11 is 0. The van der Waals surface area contributed by atoms with Gasteiger partial charge in [-0.3, -0.25) is 4.68 Å². The first-order valence-electron chi connectivity index (χ1n) is 4.66. The second-order valence-corrected chi connectivity index (χ2v) is 3.15. The van der Waals surface area contributed by atoms with Crippen LogP contribution in [-0.2, 0) is 0 Å². The van der Waals surface area contributed by atoms with Gasteiger partial charge in [-0.05, 0) is 11.6 Å². The monoisotopic (exact) mass is 187 g/mol. The molecule has 1 heterocycles. The Hall–Kier alpha value is -1.61. The molecule has 2 aromatic rings. The van der Waals surface area contributed by atoms with Crippen molar-refractivity contribution in [2.45, 2.75) is 6.04 Å². The van der Waals surface area contributed by atoms with Crippen molar-refractivity contribution in [2.24, 2.45) is 5.73 Å². The van der Waals surface area contributed by atoms with Gasteiger partial charge in [0, 0.05) is 18.9 Å². The zero-order chi connectivity index (χ0) is 9.80. The normalized spacial score (nSPS) is 12.6. The van der Waals surface area contributed by atoms with Gasteiger partial charge in [-0.1, -0.05) is 30.3 Å². The van der Waals surface area contributed by atoms with Gasteiger partial charge in [-0.15, -0.1) is 0 Å². The molecular weight excluding hydrogens is 174 g/mol. The summed E-state index contributed by atoms with van der Waals surface area (Å²) in [6, 6.07) is 12.2. The van der Waals surface area contributed by atoms with Crippen molar-refractivity contribution < 1.29 is 0 Å². The summed E-state index contributed by atoms with van der Waals surface area (Å²) in [4.78, 5) is 0. The molecule has 72 valence electrons. The van der Waals surface area contributed by atoms with Crippen molar-refractivity contribution in [3.63, 3.8) is 0 Å². The molecule has 0 amide bonds. The van der Waals surface area contributed by atoms with Gasteiger partial charge < -0.3 is 5.73 Å². The first kappa shape index (κ1) is 8.97. The van der Waals surface area contributed by atoms with E-state index in [4.69, 9.17) is 5.73 Å². The van der Waals surface area contributed by atoms with Crippen molar-refractivity contribution in [3.05, 3.63) is 54.4 Å². The lowest BCUT2D eigenvalue weighted by molar-refractivity contribution is 0.532. The zero-order valence-corrected chi connectivity index (χ0v) is 7.88. The van der Waals surface area contributed by atoms with Gasteiger partial charge in [0.25, 0.3) is 0 Å². The summed E-state index contributed by atoms with van der Waals surface area (Å²) in [5, 5.41) is 4.20. The van der Waals surface area contributed by atoms with Gasteiger partial charge in [-0.2, -0.15) is 5.10 Å². The van der Waals surface area contributed by atoms with E-state index in [0.29, 0.717) is 6.54 Å². The van der Waals surface area contributed by atoms with Crippen LogP contribution in [0.3, 0.4) is 0 Å². The van der Waals surface area contributed by atoms with Crippen molar-refractivity contribution in [2.75, 3.05) is 6.54 Å². The molecule has 0 aliphatic rings. The molecule has 0 saturated heterocycles. The Balaban J connectivity index is 2.31. The van der Waals surface area contributed by atoms with E-state index >= 15 is 0 Å². The minimum atomic E-state index is 0.145. The van der Waals surface area contributed by atoms with Gasteiger partial charge >= 0.3 is 0 Å². The van der Waals surface area contributed by atoms with Crippen LogP contribution in [0.5, 0.6) is 0 Å². The Morgan fingerprint density at radius 1 is 1.21 bits per heavy atom. The fraction of sp³-hybridized carbons (Fsp3) is 0.182. The first-order chi connectivity index (χ1) is 6.92. The average molecular weight is 187 g/mol. The molecule has 1 aromatic carbocycles. The lowest BCUT2D eigenvalue weighted by atomic mass is 10.1. The molecule has 1 atom stereocenters. The largest absolute Gasteiger partial charge is 0.328 e. The fourth-order valence-corrected chi connectivity index (χ4v) is 1.54. The van der Waals surface area contributed by atoms with Crippen LogP contribution in [0, 0.1) is 0 Å². The summed E-state index contributed by atoms with van der Waals surface area (Å²) in [6.07, 6.45) is 3.70. The molecule has 2 rings (SSSR count). The smallest absolute Gasteiger partial charge is 0.0890 e. The van der Waals surface area contributed by atoms with Gasteiger partial charge in [-0.25, -0.2) is 0 Å². The van der Waals surface area contributed by atoms with Crippen LogP contribution in [0.2, 0.25) is 0 Å². The van der Waals surface area contributed by atoms with Crippen LogP contribution in [-0.4, -0.2) is 16.3 Å². The van der Waals surface area contributed by atoms with Crippen molar-refractivity contribution in [1.29, 1.82) is 0 Å². The second-order valence-electron chi connectivity index (χ2n) is 3.15. The van der Waals surface area contributed by atoms with Crippen molar-refractivity contribution >= 4 is 0 Å². The van der Waals surface area contributed by atoms with Gasteiger partial charge in [0.2, 0.25) is 0 Å². The standard InChI is InChI=1S/C11H13N3/c12-9-11(14-8-4-7-13-14)10-5-2-1-3-6-10/h1-8,11H,9,12H2/t11-/m1/s1. The molecule has 2 N–H and O–H groups in total. The van der Waals surface area contributed by atoms with E-state index in [9.17, 15) is 0 Å². The van der Waals surface area contributed by atoms with Crippen LogP contribution in [0.1, 0.15) is 11.6 Å². The predicted molar refractivity (Wildman–Crippen MR) is 55.9 cm³/mol. The molecule has 3 nitrogen and oxygen atoms in total. The molecule has 0 saturated carbocycles. The van der Waals surface area contributed by atoms with E-state index in [2.05, 4.69) is 17.2 Å². The van der Waals surface area contributed by atoms with Gasteiger partial charge in [0.15, 0.2) is 0 Å². The van der Waals surface area contributed by atoms with Crippen LogP contribution in [0.25, 0.3) is 0 Å². The van der Waals surface area contributed by atoms with Crippen LogP contribution < -0.4 is 5.73 Å². The third kappa shape index (κ3) is 1.67. The number of benzene rings is 1. The van der Waals surface area contributed by atoms with Crippen LogP contribution in [0.15, 0.2) is 48.8 Å². The van der Waals surface area contributed by atoms with E-state index in [1.807, 2.05) is 35.1 Å². The second kappa shape index (κ2) is 4.07. The molecule has 0 unspecified atom stereocenters. The van der Waals surface area contributed by atoms with E-state index in [1.54, 1.807) is 6.20 Å². The molecule has 3 heteroatoms. The van der Waals surface area contributed by atoms with E-state index in [0.717, 1.165) is 0 Å². The van der Waals surface area contributed by atoms with Crippen LogP contribution >= 0.6 is 0 Å². The predicted octanol–water partition coefficient (Wildman–Crippen LogP) is 1.43. The molecular formula is C11H13N3. The Bertz CT molecular complexity index is 367. The maximum atomic E-state index is 5.74. The molecule has 14 heavy (non-hydrogen) atoms. The SMILES string of the molecule is NC[C@H](c1ccccc1)n1cccn1. The van der Waals surface area contributed by atoms with E-state index in [1.165, 1.54) is 5.56 Å². The highest BCUT2D eigenvalue weighted by Gasteiger charge is 2.10. The van der Waals surface area contributed by atoms with E-state index in [-0.39, 0.29) is 6.04 Å². The zero-order valence-electron chi connectivity index (χ0n) is 7.88. The Morgan fingerprint density at radius 2 is 2.00 bits per heavy atom. The molecule has 0 aliphatic carbocycles. The minimum absolute atomic E-state index is 0.145. The number of nitrogens with zero attached hydrogens (tertiary/aromatic N) is 2. The number of nitrogens with two attached hydrogens (primary N) is 1. The van der Waals surface area contributed by atoms with Gasteiger partial charge in [0.1, 0.15) is 0 Å². The lowest BCUT2D eigenvalue weighted by Crippen LogP contribution is -2.20. The van der Waals surface area contributed by atoms with E-state index < -0.39 is 0 Å². The molecule has 0 spiro atoms. The lowest BCUT2D eigenvalue weighted by Gasteiger charge is -2.15. The summed E-state index contributed by atoms with van der Waals surface area (Å²) < 4.78 is 1.88. The molecule has 0 bridgehead atoms. The topological polar surface area (TPSA) is 43.8 Å². The maximum Gasteiger partial charge on any atom is 0.0890 e. The number of rotatable bonds is 3. The quantitative estimate of drug-likeness (QED) is 0.790. The third-order valence-corrected chi connectivity index (χ3v) is 2.25. The average Bonchev–Trinajstić information content (AvgIpc) is 2.74. The highest BCUT2D eigenvalue weighted by molar-refractivity contribution is 5.19. The molecule has 0 radical (unpaired) electrons. The fourth-order valence-electron chi connectivity index (χ4n) is 1.54. The number of hydrogen-bond acceptors (Lipinski definition) is 2. The third-order valence-electron chi connectivity index (χ3n) is 2.25. The Morgan fingerprint density at radius 3 is 2.57 bits per heavy atom. The number of hydrogen-bond donors (Lipinski definition) is 1. The Kier molecular flexibility index (Phi) is 2.60. The summed E-state index contributed by atoms with van der Waals surface area (Å²) in [5.41, 5.74) is 6.93. The molecule has 0 aliphatic heterocycles. The first-order valence-corrected chi connectivity index (χ1v) is 4.66. The number of aromatic nitrogens is 2.